The van der Waals surface area contributed by atoms with Crippen LogP contribution < -0.4 is 15.8 Å². The topological polar surface area (TPSA) is 77.2 Å². The molecule has 0 unspecified atom stereocenters. The summed E-state index contributed by atoms with van der Waals surface area (Å²) in [7, 11) is 0. The first-order valence-electron chi connectivity index (χ1n) is 7.74. The third-order valence-electron chi connectivity index (χ3n) is 3.54. The summed E-state index contributed by atoms with van der Waals surface area (Å²) in [6.07, 6.45) is 0. The van der Waals surface area contributed by atoms with E-state index in [0.717, 1.165) is 20.9 Å². The molecule has 3 rings (SSSR count). The Hall–Kier alpha value is -2.68. The third kappa shape index (κ3) is 4.69. The predicted octanol–water partition coefficient (Wildman–Crippen LogP) is 4.13. The Morgan fingerprint density at radius 3 is 2.62 bits per heavy atom. The van der Waals surface area contributed by atoms with Crippen LogP contribution in [0.5, 0.6) is 11.5 Å². The van der Waals surface area contributed by atoms with Gasteiger partial charge in [-0.05, 0) is 76.7 Å². The van der Waals surface area contributed by atoms with Crippen molar-refractivity contribution in [2.24, 2.45) is 0 Å². The number of amides is 1. The molecule has 0 radical (unpaired) electrons. The zero-order chi connectivity index (χ0) is 18.5. The van der Waals surface area contributed by atoms with E-state index in [1.807, 2.05) is 48.5 Å². The maximum absolute atomic E-state index is 13.0. The zero-order valence-electron chi connectivity index (χ0n) is 13.6. The van der Waals surface area contributed by atoms with E-state index in [2.05, 4.69) is 32.9 Å². The molecule has 0 spiro atoms. The summed E-state index contributed by atoms with van der Waals surface area (Å²) >= 11 is 2.23. The molecule has 1 amide bonds. The van der Waals surface area contributed by atoms with Crippen molar-refractivity contribution in [3.8, 4) is 11.5 Å². The number of nitrogens with one attached hydrogen (secondary N) is 1. The second-order valence-electron chi connectivity index (χ2n) is 5.45. The molecule has 132 valence electrons. The Morgan fingerprint density at radius 2 is 1.88 bits per heavy atom. The Labute approximate surface area is 163 Å². The monoisotopic (exact) mass is 463 g/mol. The van der Waals surface area contributed by atoms with Gasteiger partial charge in [0.25, 0.3) is 5.91 Å². The molecule has 2 aromatic carbocycles. The van der Waals surface area contributed by atoms with Gasteiger partial charge in [-0.1, -0.05) is 12.1 Å². The molecule has 0 saturated heterocycles. The van der Waals surface area contributed by atoms with Crippen LogP contribution in [-0.4, -0.2) is 10.9 Å². The smallest absolute Gasteiger partial charge is 0.255 e. The second kappa shape index (κ2) is 8.13. The van der Waals surface area contributed by atoms with E-state index >= 15 is 0 Å². The maximum atomic E-state index is 13.0. The minimum atomic E-state index is -0.723. The third-order valence-corrected chi connectivity index (χ3v) is 4.26. The number of hydrogen-bond donors (Lipinski definition) is 2. The van der Waals surface area contributed by atoms with E-state index in [4.69, 9.17) is 10.5 Å². The van der Waals surface area contributed by atoms with Gasteiger partial charge in [-0.25, -0.2) is 4.98 Å². The highest BCUT2D eigenvalue weighted by Gasteiger charge is 2.11. The van der Waals surface area contributed by atoms with E-state index in [0.29, 0.717) is 5.75 Å². The molecule has 3 aromatic rings. The molecule has 0 saturated carbocycles. The minimum absolute atomic E-state index is 0.137. The number of nitrogens with zero attached hydrogens (tertiary/aromatic N) is 1. The number of rotatable bonds is 5. The number of carbonyl (C=O) groups excluding carboxylic acids is 1. The lowest BCUT2D eigenvalue weighted by Gasteiger charge is -2.10. The number of ether oxygens (including phenoxy) is 1. The van der Waals surface area contributed by atoms with E-state index in [-0.39, 0.29) is 17.9 Å². The first-order chi connectivity index (χ1) is 12.5. The number of nitrogen functional groups attached to an aromatic ring is 1. The summed E-state index contributed by atoms with van der Waals surface area (Å²) in [4.78, 5) is 15.6. The highest BCUT2D eigenvalue weighted by molar-refractivity contribution is 14.1. The molecular weight excluding hydrogens is 448 g/mol. The average Bonchev–Trinajstić information content (AvgIpc) is 2.62. The Balaban J connectivity index is 1.65. The number of pyridine rings is 1. The summed E-state index contributed by atoms with van der Waals surface area (Å²) in [6.45, 7) is 0.277. The van der Waals surface area contributed by atoms with Crippen LogP contribution in [-0.2, 0) is 6.54 Å². The lowest BCUT2D eigenvalue weighted by atomic mass is 10.2. The van der Waals surface area contributed by atoms with Crippen LogP contribution >= 0.6 is 22.6 Å². The number of hydrogen-bond acceptors (Lipinski definition) is 4. The van der Waals surface area contributed by atoms with Crippen molar-refractivity contribution in [2.45, 2.75) is 6.54 Å². The van der Waals surface area contributed by atoms with Gasteiger partial charge < -0.3 is 15.8 Å². The summed E-state index contributed by atoms with van der Waals surface area (Å²) < 4.78 is 19.9. The quantitative estimate of drug-likeness (QED) is 0.441. The zero-order valence-corrected chi connectivity index (χ0v) is 15.7. The number of nitrogens with two attached hydrogens (primary N) is 1. The van der Waals surface area contributed by atoms with E-state index in [1.165, 1.54) is 6.07 Å². The number of carbonyl (C=O) groups is 1. The number of anilines is 1. The van der Waals surface area contributed by atoms with E-state index < -0.39 is 11.9 Å². The number of aromatic nitrogens is 1. The van der Waals surface area contributed by atoms with Crippen LogP contribution in [0.15, 0.2) is 60.7 Å². The molecule has 7 heteroatoms. The van der Waals surface area contributed by atoms with Crippen molar-refractivity contribution in [2.75, 3.05) is 5.73 Å². The fourth-order valence-corrected chi connectivity index (χ4v) is 2.64. The SMILES string of the molecule is Nc1nc(F)ccc1C(=O)NCc1cccc(Oc2ccc(I)cc2)c1. The number of halogens is 2. The lowest BCUT2D eigenvalue weighted by Crippen LogP contribution is -2.24. The van der Waals surface area contributed by atoms with Gasteiger partial charge >= 0.3 is 0 Å². The van der Waals surface area contributed by atoms with Crippen LogP contribution in [0, 0.1) is 9.52 Å². The van der Waals surface area contributed by atoms with Crippen LogP contribution in [0.1, 0.15) is 15.9 Å². The molecule has 1 aromatic heterocycles. The lowest BCUT2D eigenvalue weighted by molar-refractivity contribution is 0.0951. The molecule has 0 aliphatic rings. The van der Waals surface area contributed by atoms with Crippen molar-refractivity contribution >= 4 is 34.3 Å². The van der Waals surface area contributed by atoms with Gasteiger partial charge in [0, 0.05) is 10.1 Å². The molecule has 0 bridgehead atoms. The molecule has 1 heterocycles. The van der Waals surface area contributed by atoms with Crippen molar-refractivity contribution in [1.29, 1.82) is 0 Å². The van der Waals surface area contributed by atoms with Crippen molar-refractivity contribution in [3.05, 3.63) is 81.3 Å². The van der Waals surface area contributed by atoms with Gasteiger partial charge in [-0.3, -0.25) is 4.79 Å². The molecule has 0 aliphatic carbocycles. The van der Waals surface area contributed by atoms with Gasteiger partial charge in [-0.2, -0.15) is 4.39 Å². The molecule has 5 nitrogen and oxygen atoms in total. The predicted molar refractivity (Wildman–Crippen MR) is 105 cm³/mol. The van der Waals surface area contributed by atoms with Crippen molar-refractivity contribution in [1.82, 2.24) is 10.3 Å². The molecule has 0 atom stereocenters. The highest BCUT2D eigenvalue weighted by Crippen LogP contribution is 2.23. The summed E-state index contributed by atoms with van der Waals surface area (Å²) in [5.41, 5.74) is 6.57. The minimum Gasteiger partial charge on any atom is -0.457 e. The summed E-state index contributed by atoms with van der Waals surface area (Å²) in [5, 5.41) is 2.74. The second-order valence-corrected chi connectivity index (χ2v) is 6.70. The Kier molecular flexibility index (Phi) is 5.67. The van der Waals surface area contributed by atoms with E-state index in [1.54, 1.807) is 0 Å². The van der Waals surface area contributed by atoms with Crippen LogP contribution in [0.4, 0.5) is 10.2 Å². The fourth-order valence-electron chi connectivity index (χ4n) is 2.28. The molecule has 0 fully saturated rings. The first-order valence-corrected chi connectivity index (χ1v) is 8.82. The normalized spacial score (nSPS) is 10.4. The Morgan fingerprint density at radius 1 is 1.12 bits per heavy atom. The van der Waals surface area contributed by atoms with Crippen molar-refractivity contribution < 1.29 is 13.9 Å². The first kappa shape index (κ1) is 18.1. The average molecular weight is 463 g/mol. The maximum Gasteiger partial charge on any atom is 0.255 e. The standard InChI is InChI=1S/C19H15FIN3O2/c20-17-9-8-16(18(22)24-17)19(25)23-11-12-2-1-3-15(10-12)26-14-6-4-13(21)5-7-14/h1-10H,11H2,(H2,22,24)(H,23,25). The molecule has 26 heavy (non-hydrogen) atoms. The summed E-state index contributed by atoms with van der Waals surface area (Å²) in [5.74, 6) is 0.120. The van der Waals surface area contributed by atoms with Gasteiger partial charge in [0.2, 0.25) is 5.95 Å². The van der Waals surface area contributed by atoms with Gasteiger partial charge in [-0.15, -0.1) is 0 Å². The van der Waals surface area contributed by atoms with Crippen LogP contribution in [0.25, 0.3) is 0 Å². The van der Waals surface area contributed by atoms with E-state index in [9.17, 15) is 9.18 Å². The molecule has 0 aliphatic heterocycles. The van der Waals surface area contributed by atoms with Gasteiger partial charge in [0.05, 0.1) is 5.56 Å². The summed E-state index contributed by atoms with van der Waals surface area (Å²) in [6, 6.07) is 17.5. The van der Waals surface area contributed by atoms with Crippen LogP contribution in [0.2, 0.25) is 0 Å². The molecular formula is C19H15FIN3O2. The van der Waals surface area contributed by atoms with Crippen LogP contribution in [0.3, 0.4) is 0 Å². The fraction of sp³-hybridized carbons (Fsp3) is 0.0526. The largest absolute Gasteiger partial charge is 0.457 e. The van der Waals surface area contributed by atoms with Gasteiger partial charge in [0.15, 0.2) is 0 Å². The highest BCUT2D eigenvalue weighted by atomic mass is 127. The Bertz CT molecular complexity index is 932. The van der Waals surface area contributed by atoms with Crippen molar-refractivity contribution in [3.63, 3.8) is 0 Å². The van der Waals surface area contributed by atoms with Gasteiger partial charge in [0.1, 0.15) is 17.3 Å². The molecule has 3 N–H and O–H groups in total. The number of benzene rings is 2.